The van der Waals surface area contributed by atoms with Gasteiger partial charge in [-0.1, -0.05) is 97.6 Å². The van der Waals surface area contributed by atoms with Gasteiger partial charge in [0.05, 0.1) is 11.6 Å². The van der Waals surface area contributed by atoms with Gasteiger partial charge in [-0.2, -0.15) is 0 Å². The van der Waals surface area contributed by atoms with Crippen molar-refractivity contribution in [2.24, 2.45) is 21.5 Å². The SMILES string of the molecule is C=CN=C(COc1cc[c-]c(-c2cc(C(CN)c3ccccc3)ccc2Cl)c1F)N=C.NC1CCCCC1.[NH2-].[W+2]. The van der Waals surface area contributed by atoms with Crippen LogP contribution in [0.3, 0.4) is 0 Å². The molecule has 1 aliphatic rings. The van der Waals surface area contributed by atoms with E-state index in [2.05, 4.69) is 29.3 Å². The zero-order valence-corrected chi connectivity index (χ0v) is 26.3. The average molecular weight is 734 g/mol. The first-order chi connectivity index (χ1) is 18.5. The van der Waals surface area contributed by atoms with Gasteiger partial charge in [-0.15, -0.1) is 17.7 Å². The Morgan fingerprint density at radius 3 is 2.40 bits per heavy atom. The van der Waals surface area contributed by atoms with Crippen LogP contribution in [0, 0.1) is 11.9 Å². The molecule has 4 rings (SSSR count). The number of hydrogen-bond donors (Lipinski definition) is 2. The van der Waals surface area contributed by atoms with Gasteiger partial charge in [0.1, 0.15) is 6.61 Å². The molecule has 0 spiro atoms. The molecule has 3 aromatic carbocycles. The number of benzene rings is 3. The van der Waals surface area contributed by atoms with E-state index >= 15 is 4.39 Å². The zero-order valence-electron chi connectivity index (χ0n) is 22.6. The Hall–Kier alpha value is -2.67. The Morgan fingerprint density at radius 2 is 1.82 bits per heavy atom. The van der Waals surface area contributed by atoms with E-state index in [4.69, 9.17) is 27.8 Å². The van der Waals surface area contributed by atoms with Gasteiger partial charge in [0.15, 0.2) is 5.84 Å². The van der Waals surface area contributed by atoms with Crippen molar-refractivity contribution < 1.29 is 30.2 Å². The summed E-state index contributed by atoms with van der Waals surface area (Å²) in [5.74, 6) is -0.296. The van der Waals surface area contributed by atoms with Crippen molar-refractivity contribution >= 4 is 24.2 Å². The molecule has 1 aliphatic carbocycles. The second kappa shape index (κ2) is 18.6. The number of hydrogen-bond acceptors (Lipinski definition) is 4. The predicted molar refractivity (Wildman–Crippen MR) is 162 cm³/mol. The molecule has 0 aromatic heterocycles. The summed E-state index contributed by atoms with van der Waals surface area (Å²) in [5, 5.41) is 0.404. The summed E-state index contributed by atoms with van der Waals surface area (Å²) in [4.78, 5) is 7.64. The number of ether oxygens (including phenoxy) is 1. The molecule has 0 heterocycles. The summed E-state index contributed by atoms with van der Waals surface area (Å²) in [6.45, 7) is 7.27. The monoisotopic (exact) mass is 733 g/mol. The van der Waals surface area contributed by atoms with Crippen molar-refractivity contribution in [1.82, 2.24) is 0 Å². The number of rotatable bonds is 8. The molecule has 0 saturated heterocycles. The number of halogens is 2. The number of nitrogens with zero attached hydrogens (tertiary/aromatic N) is 2. The molecule has 6 nitrogen and oxygen atoms in total. The minimum Gasteiger partial charge on any atom is -0.693 e. The van der Waals surface area contributed by atoms with Crippen molar-refractivity contribution in [3.8, 4) is 16.9 Å². The summed E-state index contributed by atoms with van der Waals surface area (Å²) >= 11 is 6.43. The maximum absolute atomic E-state index is 15.3. The smallest absolute Gasteiger partial charge is 0.693 e. The Labute approximate surface area is 256 Å². The van der Waals surface area contributed by atoms with E-state index in [1.807, 2.05) is 42.5 Å². The first kappa shape index (κ1) is 35.4. The van der Waals surface area contributed by atoms with Gasteiger partial charge in [0.2, 0.25) is 0 Å². The van der Waals surface area contributed by atoms with Crippen molar-refractivity contribution in [2.75, 3.05) is 13.2 Å². The van der Waals surface area contributed by atoms with Crippen molar-refractivity contribution in [3.05, 3.63) is 108 Å². The summed E-state index contributed by atoms with van der Waals surface area (Å²) < 4.78 is 20.8. The molecule has 1 unspecified atom stereocenters. The molecule has 1 atom stereocenters. The fourth-order valence-corrected chi connectivity index (χ4v) is 4.59. The quantitative estimate of drug-likeness (QED) is 0.141. The summed E-state index contributed by atoms with van der Waals surface area (Å²) in [7, 11) is 0. The molecule has 0 bridgehead atoms. The van der Waals surface area contributed by atoms with Crippen LogP contribution in [0.2, 0.25) is 5.02 Å². The van der Waals surface area contributed by atoms with E-state index in [1.54, 1.807) is 12.1 Å². The van der Waals surface area contributed by atoms with Gasteiger partial charge in [0.25, 0.3) is 0 Å². The largest absolute Gasteiger partial charge is 2.00 e. The molecule has 0 aliphatic heterocycles. The fourth-order valence-electron chi connectivity index (χ4n) is 4.37. The van der Waals surface area contributed by atoms with Crippen LogP contribution in [0.15, 0.2) is 83.4 Å². The summed E-state index contributed by atoms with van der Waals surface area (Å²) in [6.07, 6.45) is 7.98. The number of amidine groups is 1. The van der Waals surface area contributed by atoms with Crippen LogP contribution in [0.4, 0.5) is 4.39 Å². The van der Waals surface area contributed by atoms with Gasteiger partial charge >= 0.3 is 21.1 Å². The second-order valence-corrected chi connectivity index (χ2v) is 9.45. The fraction of sp³-hybridized carbons (Fsp3) is 0.290. The predicted octanol–water partition coefficient (Wildman–Crippen LogP) is 7.65. The topological polar surface area (TPSA) is 119 Å². The molecular formula is C31H37ClFN5OW. The molecule has 212 valence electrons. The molecule has 0 amide bonds. The summed E-state index contributed by atoms with van der Waals surface area (Å²) in [5.41, 5.74) is 14.4. The number of aliphatic imine (C=N–C) groups is 2. The first-order valence-corrected chi connectivity index (χ1v) is 13.1. The summed E-state index contributed by atoms with van der Waals surface area (Å²) in [6, 6.07) is 21.9. The molecule has 0 radical (unpaired) electrons. The molecular weight excluding hydrogens is 697 g/mol. The molecule has 1 saturated carbocycles. The van der Waals surface area contributed by atoms with E-state index in [0.717, 1.165) is 11.1 Å². The van der Waals surface area contributed by atoms with E-state index in [-0.39, 0.29) is 56.9 Å². The van der Waals surface area contributed by atoms with Crippen LogP contribution in [-0.2, 0) is 21.1 Å². The Bertz CT molecular complexity index is 1240. The van der Waals surface area contributed by atoms with Gasteiger partial charge in [-0.25, -0.2) is 9.98 Å². The zero-order chi connectivity index (χ0) is 27.3. The van der Waals surface area contributed by atoms with Crippen LogP contribution < -0.4 is 16.2 Å². The van der Waals surface area contributed by atoms with Crippen LogP contribution in [0.5, 0.6) is 5.75 Å². The van der Waals surface area contributed by atoms with Crippen molar-refractivity contribution in [2.45, 2.75) is 44.1 Å². The molecule has 40 heavy (non-hydrogen) atoms. The van der Waals surface area contributed by atoms with E-state index < -0.39 is 5.82 Å². The Morgan fingerprint density at radius 1 is 1.12 bits per heavy atom. The van der Waals surface area contributed by atoms with Crippen LogP contribution in [-0.4, -0.2) is 31.7 Å². The van der Waals surface area contributed by atoms with Crippen LogP contribution in [0.25, 0.3) is 17.3 Å². The van der Waals surface area contributed by atoms with Gasteiger partial charge in [-0.3, -0.25) is 4.39 Å². The maximum Gasteiger partial charge on any atom is 2.00 e. The standard InChI is InChI=1S/C25H22ClFN3O.C6H13N.H2N.W/c1-3-30-24(29-2)16-31-23-11-7-10-19(25(23)27)20-14-18(12-13-22(20)26)21(15-28)17-8-5-4-6-9-17;7-6-4-2-1-3-5-6;;/h3-9,11-14,21H,1-2,15-16,28H2;6H,1-5,7H2;1H2;/q-1;;-1;+2. The normalized spacial score (nSPS) is 13.9. The van der Waals surface area contributed by atoms with Gasteiger partial charge < -0.3 is 22.4 Å². The maximum atomic E-state index is 15.3. The minimum absolute atomic E-state index is 0. The molecule has 1 fully saturated rings. The van der Waals surface area contributed by atoms with E-state index in [1.165, 1.54) is 44.4 Å². The van der Waals surface area contributed by atoms with Gasteiger partial charge in [0, 0.05) is 29.7 Å². The third kappa shape index (κ3) is 10.1. The van der Waals surface area contributed by atoms with Crippen LogP contribution in [0.1, 0.15) is 49.1 Å². The minimum atomic E-state index is -0.576. The van der Waals surface area contributed by atoms with E-state index in [0.29, 0.717) is 23.2 Å². The molecule has 6 N–H and O–H groups in total. The molecule has 3 aromatic rings. The van der Waals surface area contributed by atoms with Crippen molar-refractivity contribution in [3.63, 3.8) is 0 Å². The van der Waals surface area contributed by atoms with Crippen LogP contribution >= 0.6 is 11.6 Å². The third-order valence-corrected chi connectivity index (χ3v) is 6.76. The number of nitrogens with two attached hydrogens (primary N) is 3. The first-order valence-electron chi connectivity index (χ1n) is 12.8. The Balaban J connectivity index is 0.000000776. The second-order valence-electron chi connectivity index (χ2n) is 9.04. The van der Waals surface area contributed by atoms with Crippen molar-refractivity contribution in [1.29, 1.82) is 0 Å². The van der Waals surface area contributed by atoms with Gasteiger partial charge in [-0.05, 0) is 30.7 Å². The Kier molecular flexibility index (Phi) is 16.5. The van der Waals surface area contributed by atoms with E-state index in [9.17, 15) is 0 Å². The average Bonchev–Trinajstić information content (AvgIpc) is 2.94. The molecule has 9 heteroatoms. The third-order valence-electron chi connectivity index (χ3n) is 6.43.